The molecule has 1 aromatic heterocycles. The normalized spacial score (nSPS) is 11.4. The van der Waals surface area contributed by atoms with Gasteiger partial charge in [-0.05, 0) is 5.56 Å². The Morgan fingerprint density at radius 1 is 1.32 bits per heavy atom. The van der Waals surface area contributed by atoms with E-state index in [4.69, 9.17) is 0 Å². The zero-order valence-corrected chi connectivity index (χ0v) is 13.3. The summed E-state index contributed by atoms with van der Waals surface area (Å²) in [5.74, 6) is -0.975. The van der Waals surface area contributed by atoms with E-state index in [1.807, 2.05) is 20.8 Å². The molecule has 2 aromatic rings. The van der Waals surface area contributed by atoms with Gasteiger partial charge in [-0.2, -0.15) is 0 Å². The summed E-state index contributed by atoms with van der Waals surface area (Å²) in [4.78, 5) is 26.2. The van der Waals surface area contributed by atoms with Crippen LogP contribution in [0.2, 0.25) is 0 Å². The van der Waals surface area contributed by atoms with E-state index in [0.717, 1.165) is 16.9 Å². The number of nitro groups is 1. The van der Waals surface area contributed by atoms with Crippen molar-refractivity contribution >= 4 is 23.0 Å². The number of benzene rings is 1. The summed E-state index contributed by atoms with van der Waals surface area (Å²) in [6.45, 7) is 5.76. The van der Waals surface area contributed by atoms with Crippen LogP contribution < -0.4 is 0 Å². The van der Waals surface area contributed by atoms with E-state index in [1.54, 1.807) is 12.1 Å². The number of nitro benzene ring substituents is 1. The minimum atomic E-state index is -0.975. The molecule has 1 aromatic carbocycles. The van der Waals surface area contributed by atoms with Crippen LogP contribution in [0.25, 0.3) is 0 Å². The Kier molecular flexibility index (Phi) is 4.27. The number of nitrogens with zero attached hydrogens (tertiary/aromatic N) is 2. The number of rotatable bonds is 4. The number of carbonyl (C=O) groups is 1. The molecular weight excluding hydrogens is 304 g/mol. The van der Waals surface area contributed by atoms with Crippen molar-refractivity contribution in [2.45, 2.75) is 32.6 Å². The SMILES string of the molecule is CC(C)(C)c1nc(Cc2ccc([N+](=O)[O-])cc2)sc1C(=O)O. The number of carboxylic acids is 1. The Hall–Kier alpha value is -2.28. The van der Waals surface area contributed by atoms with Gasteiger partial charge in [0.1, 0.15) is 4.88 Å². The summed E-state index contributed by atoms with van der Waals surface area (Å²) in [6.07, 6.45) is 0.457. The minimum Gasteiger partial charge on any atom is -0.477 e. The van der Waals surface area contributed by atoms with Crippen molar-refractivity contribution in [3.05, 3.63) is 55.5 Å². The Balaban J connectivity index is 2.30. The number of aromatic carboxylic acids is 1. The zero-order valence-electron chi connectivity index (χ0n) is 12.5. The van der Waals surface area contributed by atoms with Crippen molar-refractivity contribution in [2.75, 3.05) is 0 Å². The number of hydrogen-bond donors (Lipinski definition) is 1. The molecule has 0 saturated heterocycles. The van der Waals surface area contributed by atoms with Gasteiger partial charge in [0.2, 0.25) is 0 Å². The summed E-state index contributed by atoms with van der Waals surface area (Å²) in [5.41, 5.74) is 1.11. The fourth-order valence-corrected chi connectivity index (χ4v) is 3.15. The highest BCUT2D eigenvalue weighted by molar-refractivity contribution is 7.13. The molecule has 0 spiro atoms. The summed E-state index contributed by atoms with van der Waals surface area (Å²) >= 11 is 1.16. The molecule has 0 fully saturated rings. The van der Waals surface area contributed by atoms with E-state index >= 15 is 0 Å². The average molecular weight is 320 g/mol. The van der Waals surface area contributed by atoms with Crippen molar-refractivity contribution < 1.29 is 14.8 Å². The van der Waals surface area contributed by atoms with Crippen LogP contribution >= 0.6 is 11.3 Å². The first-order valence-electron chi connectivity index (χ1n) is 6.65. The molecule has 0 saturated carbocycles. The van der Waals surface area contributed by atoms with Crippen LogP contribution in [0.3, 0.4) is 0 Å². The molecule has 116 valence electrons. The van der Waals surface area contributed by atoms with Gasteiger partial charge < -0.3 is 5.11 Å². The van der Waals surface area contributed by atoms with Crippen molar-refractivity contribution in [1.82, 2.24) is 4.98 Å². The van der Waals surface area contributed by atoms with Crippen LogP contribution in [-0.4, -0.2) is 21.0 Å². The lowest BCUT2D eigenvalue weighted by atomic mass is 9.91. The maximum absolute atomic E-state index is 11.3. The number of aromatic nitrogens is 1. The lowest BCUT2D eigenvalue weighted by Crippen LogP contribution is -2.16. The summed E-state index contributed by atoms with van der Waals surface area (Å²) in [6, 6.07) is 6.20. The molecule has 22 heavy (non-hydrogen) atoms. The maximum atomic E-state index is 11.3. The molecule has 7 heteroatoms. The lowest BCUT2D eigenvalue weighted by molar-refractivity contribution is -0.384. The average Bonchev–Trinajstić information content (AvgIpc) is 2.83. The van der Waals surface area contributed by atoms with E-state index < -0.39 is 10.9 Å². The van der Waals surface area contributed by atoms with Gasteiger partial charge in [0.15, 0.2) is 0 Å². The lowest BCUT2D eigenvalue weighted by Gasteiger charge is -2.16. The largest absolute Gasteiger partial charge is 0.477 e. The second kappa shape index (κ2) is 5.84. The third-order valence-corrected chi connectivity index (χ3v) is 4.12. The van der Waals surface area contributed by atoms with Gasteiger partial charge in [0.25, 0.3) is 5.69 Å². The van der Waals surface area contributed by atoms with Crippen LogP contribution in [-0.2, 0) is 11.8 Å². The first-order valence-corrected chi connectivity index (χ1v) is 7.47. The van der Waals surface area contributed by atoms with E-state index in [1.165, 1.54) is 12.1 Å². The van der Waals surface area contributed by atoms with E-state index in [9.17, 15) is 20.0 Å². The third-order valence-electron chi connectivity index (χ3n) is 3.08. The van der Waals surface area contributed by atoms with Crippen molar-refractivity contribution in [1.29, 1.82) is 0 Å². The van der Waals surface area contributed by atoms with Crippen LogP contribution in [0.1, 0.15) is 46.7 Å². The third kappa shape index (κ3) is 3.48. The first kappa shape index (κ1) is 16.1. The Morgan fingerprint density at radius 2 is 1.91 bits per heavy atom. The summed E-state index contributed by atoms with van der Waals surface area (Å²) in [5, 5.41) is 20.6. The van der Waals surface area contributed by atoms with Gasteiger partial charge in [-0.3, -0.25) is 10.1 Å². The fourth-order valence-electron chi connectivity index (χ4n) is 2.00. The standard InChI is InChI=1S/C15H16N2O4S/c1-15(2,3)13-12(14(18)19)22-11(16-13)8-9-4-6-10(7-5-9)17(20)21/h4-7H,8H2,1-3H3,(H,18,19). The number of carboxylic acid groups (broad SMARTS) is 1. The summed E-state index contributed by atoms with van der Waals surface area (Å²) < 4.78 is 0. The molecular formula is C15H16N2O4S. The molecule has 0 bridgehead atoms. The van der Waals surface area contributed by atoms with Crippen molar-refractivity contribution in [3.63, 3.8) is 0 Å². The fraction of sp³-hybridized carbons (Fsp3) is 0.333. The zero-order chi connectivity index (χ0) is 16.5. The Bertz CT molecular complexity index is 714. The number of non-ortho nitro benzene ring substituents is 1. The highest BCUT2D eigenvalue weighted by Gasteiger charge is 2.26. The van der Waals surface area contributed by atoms with Crippen molar-refractivity contribution in [3.8, 4) is 0 Å². The second-order valence-electron chi connectivity index (χ2n) is 5.94. The van der Waals surface area contributed by atoms with E-state index in [2.05, 4.69) is 4.98 Å². The number of thiazole rings is 1. The molecule has 0 aliphatic heterocycles. The molecule has 0 atom stereocenters. The van der Waals surface area contributed by atoms with Crippen LogP contribution in [0, 0.1) is 10.1 Å². The molecule has 1 N–H and O–H groups in total. The molecule has 2 rings (SSSR count). The molecule has 0 unspecified atom stereocenters. The second-order valence-corrected chi connectivity index (χ2v) is 7.02. The van der Waals surface area contributed by atoms with Crippen LogP contribution in [0.4, 0.5) is 5.69 Å². The van der Waals surface area contributed by atoms with Gasteiger partial charge in [-0.1, -0.05) is 32.9 Å². The van der Waals surface area contributed by atoms with Gasteiger partial charge in [0.05, 0.1) is 15.6 Å². The maximum Gasteiger partial charge on any atom is 0.347 e. The monoisotopic (exact) mass is 320 g/mol. The molecule has 6 nitrogen and oxygen atoms in total. The summed E-state index contributed by atoms with van der Waals surface area (Å²) in [7, 11) is 0. The highest BCUT2D eigenvalue weighted by atomic mass is 32.1. The molecule has 1 heterocycles. The Labute approximate surface area is 131 Å². The smallest absolute Gasteiger partial charge is 0.347 e. The molecule has 0 aliphatic rings. The quantitative estimate of drug-likeness (QED) is 0.685. The molecule has 0 amide bonds. The van der Waals surface area contributed by atoms with E-state index in [0.29, 0.717) is 17.1 Å². The van der Waals surface area contributed by atoms with Gasteiger partial charge in [0, 0.05) is 24.0 Å². The predicted molar refractivity (Wildman–Crippen MR) is 83.7 cm³/mol. The number of hydrogen-bond acceptors (Lipinski definition) is 5. The molecule has 0 radical (unpaired) electrons. The van der Waals surface area contributed by atoms with Crippen LogP contribution in [0.15, 0.2) is 24.3 Å². The predicted octanol–water partition coefficient (Wildman–Crippen LogP) is 3.64. The Morgan fingerprint density at radius 3 is 2.32 bits per heavy atom. The minimum absolute atomic E-state index is 0.0319. The van der Waals surface area contributed by atoms with Gasteiger partial charge in [-0.15, -0.1) is 11.3 Å². The first-order chi connectivity index (χ1) is 10.2. The topological polar surface area (TPSA) is 93.3 Å². The van der Waals surface area contributed by atoms with Gasteiger partial charge >= 0.3 is 5.97 Å². The van der Waals surface area contributed by atoms with Crippen molar-refractivity contribution in [2.24, 2.45) is 0 Å². The molecule has 0 aliphatic carbocycles. The van der Waals surface area contributed by atoms with Gasteiger partial charge in [-0.25, -0.2) is 9.78 Å². The highest BCUT2D eigenvalue weighted by Crippen LogP contribution is 2.30. The van der Waals surface area contributed by atoms with E-state index in [-0.39, 0.29) is 16.0 Å². The van der Waals surface area contributed by atoms with Crippen LogP contribution in [0.5, 0.6) is 0 Å².